The van der Waals surface area contributed by atoms with E-state index in [4.69, 9.17) is 11.6 Å². The van der Waals surface area contributed by atoms with E-state index in [-0.39, 0.29) is 11.8 Å². The van der Waals surface area contributed by atoms with Crippen molar-refractivity contribution in [3.63, 3.8) is 0 Å². The third-order valence-corrected chi connectivity index (χ3v) is 3.80. The van der Waals surface area contributed by atoms with E-state index in [2.05, 4.69) is 10.2 Å². The summed E-state index contributed by atoms with van der Waals surface area (Å²) in [6.07, 6.45) is 6.20. The summed E-state index contributed by atoms with van der Waals surface area (Å²) in [6, 6.07) is 0.911. The summed E-state index contributed by atoms with van der Waals surface area (Å²) in [4.78, 5) is 13.8. The second-order valence-electron chi connectivity index (χ2n) is 4.55. The predicted molar refractivity (Wildman–Crippen MR) is 61.1 cm³/mol. The van der Waals surface area contributed by atoms with E-state index in [1.54, 1.807) is 0 Å². The first-order valence-corrected chi connectivity index (χ1v) is 6.44. The van der Waals surface area contributed by atoms with Gasteiger partial charge in [0, 0.05) is 12.1 Å². The molecule has 4 heteroatoms. The smallest absolute Gasteiger partial charge is 0.235 e. The van der Waals surface area contributed by atoms with Crippen LogP contribution in [-0.2, 0) is 4.79 Å². The van der Waals surface area contributed by atoms with Crippen LogP contribution in [0.5, 0.6) is 0 Å². The molecule has 0 aromatic carbocycles. The fourth-order valence-electron chi connectivity index (χ4n) is 2.86. The number of amides is 1. The Hall–Kier alpha value is -0.280. The lowest BCUT2D eigenvalue weighted by atomic mass is 10.1. The number of rotatable bonds is 3. The van der Waals surface area contributed by atoms with Crippen molar-refractivity contribution in [2.45, 2.75) is 44.2 Å². The molecule has 15 heavy (non-hydrogen) atoms. The van der Waals surface area contributed by atoms with Crippen LogP contribution in [0.4, 0.5) is 0 Å². The van der Waals surface area contributed by atoms with Crippen LogP contribution < -0.4 is 5.32 Å². The van der Waals surface area contributed by atoms with Gasteiger partial charge in [0.25, 0.3) is 0 Å². The van der Waals surface area contributed by atoms with Crippen molar-refractivity contribution in [3.05, 3.63) is 0 Å². The van der Waals surface area contributed by atoms with Gasteiger partial charge in [-0.25, -0.2) is 0 Å². The quantitative estimate of drug-likeness (QED) is 0.743. The van der Waals surface area contributed by atoms with Gasteiger partial charge in [0.2, 0.25) is 5.91 Å². The van der Waals surface area contributed by atoms with Crippen molar-refractivity contribution >= 4 is 17.5 Å². The van der Waals surface area contributed by atoms with E-state index in [9.17, 15) is 4.79 Å². The number of nitrogens with zero attached hydrogens (tertiary/aromatic N) is 1. The van der Waals surface area contributed by atoms with Gasteiger partial charge in [-0.05, 0) is 45.2 Å². The van der Waals surface area contributed by atoms with Gasteiger partial charge in [0.1, 0.15) is 5.88 Å². The average Bonchev–Trinajstić information content (AvgIpc) is 2.86. The van der Waals surface area contributed by atoms with Crippen LogP contribution in [0.2, 0.25) is 0 Å². The van der Waals surface area contributed by atoms with Crippen LogP contribution in [0, 0.1) is 0 Å². The first kappa shape index (κ1) is 11.2. The summed E-state index contributed by atoms with van der Waals surface area (Å²) < 4.78 is 0. The lowest BCUT2D eigenvalue weighted by Crippen LogP contribution is -2.48. The summed E-state index contributed by atoms with van der Waals surface area (Å²) in [5.41, 5.74) is 0. The van der Waals surface area contributed by atoms with Crippen molar-refractivity contribution in [2.24, 2.45) is 0 Å². The minimum Gasteiger partial charge on any atom is -0.351 e. The van der Waals surface area contributed by atoms with Crippen molar-refractivity contribution < 1.29 is 4.79 Å². The summed E-state index contributed by atoms with van der Waals surface area (Å²) >= 11 is 5.51. The summed E-state index contributed by atoms with van der Waals surface area (Å²) in [5, 5.41) is 3.04. The second-order valence-corrected chi connectivity index (χ2v) is 4.82. The highest BCUT2D eigenvalue weighted by Crippen LogP contribution is 2.27. The lowest BCUT2D eigenvalue weighted by molar-refractivity contribution is -0.119. The fourth-order valence-corrected chi connectivity index (χ4v) is 2.94. The summed E-state index contributed by atoms with van der Waals surface area (Å²) in [5.74, 6) is 0.0659. The highest BCUT2D eigenvalue weighted by Gasteiger charge is 2.33. The molecule has 2 aliphatic rings. The number of halogens is 1. The standard InChI is InChI=1S/C11H19ClN2O/c12-8-11(15)13-9-4-3-5-10(9)14-6-1-2-7-14/h9-10H,1-8H2,(H,13,15)/t9-,10+/m1/s1. The zero-order valence-corrected chi connectivity index (χ0v) is 9.80. The molecule has 0 radical (unpaired) electrons. The van der Waals surface area contributed by atoms with Gasteiger partial charge in [0.05, 0.1) is 0 Å². The van der Waals surface area contributed by atoms with Crippen LogP contribution in [0.1, 0.15) is 32.1 Å². The van der Waals surface area contributed by atoms with E-state index < -0.39 is 0 Å². The van der Waals surface area contributed by atoms with Crippen LogP contribution in [0.25, 0.3) is 0 Å². The minimum absolute atomic E-state index is 0.0206. The average molecular weight is 231 g/mol. The number of carbonyl (C=O) groups excluding carboxylic acids is 1. The fraction of sp³-hybridized carbons (Fsp3) is 0.909. The second kappa shape index (κ2) is 5.17. The SMILES string of the molecule is O=C(CCl)N[C@@H]1CCC[C@@H]1N1CCCC1. The molecular weight excluding hydrogens is 212 g/mol. The van der Waals surface area contributed by atoms with Crippen molar-refractivity contribution in [3.8, 4) is 0 Å². The van der Waals surface area contributed by atoms with E-state index in [1.165, 1.54) is 38.8 Å². The summed E-state index contributed by atoms with van der Waals surface area (Å²) in [7, 11) is 0. The van der Waals surface area contributed by atoms with E-state index in [0.29, 0.717) is 12.1 Å². The summed E-state index contributed by atoms with van der Waals surface area (Å²) in [6.45, 7) is 2.41. The van der Waals surface area contributed by atoms with Crippen LogP contribution in [0.15, 0.2) is 0 Å². The molecule has 0 spiro atoms. The van der Waals surface area contributed by atoms with Crippen LogP contribution in [-0.4, -0.2) is 41.9 Å². The zero-order valence-electron chi connectivity index (χ0n) is 9.04. The Balaban J connectivity index is 1.89. The minimum atomic E-state index is -0.0206. The molecule has 2 atom stereocenters. The maximum absolute atomic E-state index is 11.3. The largest absolute Gasteiger partial charge is 0.351 e. The van der Waals surface area contributed by atoms with Gasteiger partial charge in [-0.2, -0.15) is 0 Å². The highest BCUT2D eigenvalue weighted by molar-refractivity contribution is 6.27. The zero-order chi connectivity index (χ0) is 10.7. The van der Waals surface area contributed by atoms with E-state index in [1.807, 2.05) is 0 Å². The predicted octanol–water partition coefficient (Wildman–Crippen LogP) is 1.36. The molecule has 0 aromatic heterocycles. The van der Waals surface area contributed by atoms with Gasteiger partial charge in [-0.15, -0.1) is 11.6 Å². The number of hydrogen-bond acceptors (Lipinski definition) is 2. The van der Waals surface area contributed by atoms with Crippen LogP contribution in [0.3, 0.4) is 0 Å². The molecule has 2 fully saturated rings. The molecule has 1 saturated carbocycles. The third-order valence-electron chi connectivity index (χ3n) is 3.56. The van der Waals surface area contributed by atoms with Crippen molar-refractivity contribution in [2.75, 3.05) is 19.0 Å². The van der Waals surface area contributed by atoms with Gasteiger partial charge in [-0.1, -0.05) is 0 Å². The molecular formula is C11H19ClN2O. The van der Waals surface area contributed by atoms with Gasteiger partial charge in [0.15, 0.2) is 0 Å². The lowest BCUT2D eigenvalue weighted by Gasteiger charge is -2.29. The Bertz CT molecular complexity index is 229. The molecule has 1 aliphatic carbocycles. The number of hydrogen-bond donors (Lipinski definition) is 1. The Labute approximate surface area is 96.2 Å². The molecule has 2 rings (SSSR count). The molecule has 1 saturated heterocycles. The van der Waals surface area contributed by atoms with Gasteiger partial charge < -0.3 is 5.32 Å². The van der Waals surface area contributed by atoms with Crippen molar-refractivity contribution in [1.29, 1.82) is 0 Å². The van der Waals surface area contributed by atoms with E-state index in [0.717, 1.165) is 6.42 Å². The Morgan fingerprint density at radius 1 is 1.27 bits per heavy atom. The van der Waals surface area contributed by atoms with Crippen LogP contribution >= 0.6 is 11.6 Å². The normalized spacial score (nSPS) is 32.1. The molecule has 3 nitrogen and oxygen atoms in total. The van der Waals surface area contributed by atoms with E-state index >= 15 is 0 Å². The molecule has 1 N–H and O–H groups in total. The first-order chi connectivity index (χ1) is 7.31. The number of alkyl halides is 1. The maximum atomic E-state index is 11.3. The monoisotopic (exact) mass is 230 g/mol. The molecule has 86 valence electrons. The maximum Gasteiger partial charge on any atom is 0.235 e. The van der Waals surface area contributed by atoms with Crippen molar-refractivity contribution in [1.82, 2.24) is 10.2 Å². The van der Waals surface area contributed by atoms with Gasteiger partial charge >= 0.3 is 0 Å². The molecule has 0 bridgehead atoms. The topological polar surface area (TPSA) is 32.3 Å². The Morgan fingerprint density at radius 3 is 2.67 bits per heavy atom. The molecule has 1 amide bonds. The number of carbonyl (C=O) groups is 1. The number of likely N-dealkylation sites (tertiary alicyclic amines) is 1. The Morgan fingerprint density at radius 2 is 2.00 bits per heavy atom. The highest BCUT2D eigenvalue weighted by atomic mass is 35.5. The first-order valence-electron chi connectivity index (χ1n) is 5.90. The van der Waals surface area contributed by atoms with Gasteiger partial charge in [-0.3, -0.25) is 9.69 Å². The third kappa shape index (κ3) is 2.64. The Kier molecular flexibility index (Phi) is 3.87. The molecule has 0 unspecified atom stereocenters. The molecule has 1 aliphatic heterocycles. The number of nitrogens with one attached hydrogen (secondary N) is 1. The molecule has 0 aromatic rings. The molecule has 1 heterocycles.